The van der Waals surface area contributed by atoms with Crippen LogP contribution in [0.25, 0.3) is 0 Å². The number of hydrogen-bond acceptors (Lipinski definition) is 9. The standard InChI is InChI=1S/C35H44F3N7O3/c1-23(2)45(19-32(37)38)34(46)26-14-24(36)6-7-29(26)48-31-17-39-22-41-33(31)44-20-35(21-44)15-25(16-35)47-30-8-10-40-28-9-13-43(18-27(28)30)12-5-11-42(3)4/h6-8,10,14,17,22-23,25,32H,5,9,11-13,15-16,18-21H2,1-4H3. The average molecular weight is 668 g/mol. The molecule has 1 saturated carbocycles. The lowest BCUT2D eigenvalue weighted by molar-refractivity contribution is -0.0352. The molecule has 0 bridgehead atoms. The van der Waals surface area contributed by atoms with Gasteiger partial charge in [-0.25, -0.2) is 23.1 Å². The molecule has 6 rings (SSSR count). The molecule has 258 valence electrons. The van der Waals surface area contributed by atoms with Crippen LogP contribution in [0.3, 0.4) is 0 Å². The van der Waals surface area contributed by atoms with Crippen molar-refractivity contribution >= 4 is 11.7 Å². The molecule has 2 aliphatic heterocycles. The molecule has 2 aromatic heterocycles. The number of pyridine rings is 1. The number of aromatic nitrogens is 3. The third-order valence-corrected chi connectivity index (χ3v) is 9.47. The van der Waals surface area contributed by atoms with Crippen LogP contribution in [-0.2, 0) is 13.0 Å². The molecule has 0 radical (unpaired) electrons. The fraction of sp³-hybridized carbons (Fsp3) is 0.543. The van der Waals surface area contributed by atoms with Crippen LogP contribution in [0.15, 0.2) is 43.0 Å². The maximum atomic E-state index is 14.3. The van der Waals surface area contributed by atoms with E-state index in [0.717, 1.165) is 93.4 Å². The van der Waals surface area contributed by atoms with E-state index >= 15 is 0 Å². The van der Waals surface area contributed by atoms with Crippen LogP contribution in [0.4, 0.5) is 19.0 Å². The van der Waals surface area contributed by atoms with Gasteiger partial charge in [0.1, 0.15) is 29.7 Å². The Morgan fingerprint density at radius 2 is 1.90 bits per heavy atom. The first-order chi connectivity index (χ1) is 23.0. The number of anilines is 1. The minimum atomic E-state index is -2.73. The van der Waals surface area contributed by atoms with Crippen molar-refractivity contribution in [3.8, 4) is 17.2 Å². The molecule has 3 aromatic rings. The summed E-state index contributed by atoms with van der Waals surface area (Å²) in [5, 5.41) is 0. The third-order valence-electron chi connectivity index (χ3n) is 9.47. The van der Waals surface area contributed by atoms with Crippen LogP contribution in [0.1, 0.15) is 54.7 Å². The maximum absolute atomic E-state index is 14.3. The molecule has 0 atom stereocenters. The van der Waals surface area contributed by atoms with Gasteiger partial charge < -0.3 is 24.2 Å². The number of ether oxygens (including phenoxy) is 2. The zero-order chi connectivity index (χ0) is 34.0. The zero-order valence-electron chi connectivity index (χ0n) is 28.0. The number of rotatable bonds is 13. The van der Waals surface area contributed by atoms with Crippen molar-refractivity contribution in [2.45, 2.75) is 64.6 Å². The Morgan fingerprint density at radius 3 is 2.62 bits per heavy atom. The van der Waals surface area contributed by atoms with E-state index in [1.54, 1.807) is 13.8 Å². The van der Waals surface area contributed by atoms with Gasteiger partial charge in [0.05, 0.1) is 18.3 Å². The molecule has 4 heterocycles. The fourth-order valence-electron chi connectivity index (χ4n) is 7.05. The lowest BCUT2D eigenvalue weighted by Crippen LogP contribution is -2.65. The van der Waals surface area contributed by atoms with E-state index in [9.17, 15) is 18.0 Å². The number of fused-ring (bicyclic) bond motifs is 1. The molecule has 0 unspecified atom stereocenters. The molecular weight excluding hydrogens is 623 g/mol. The van der Waals surface area contributed by atoms with Gasteiger partial charge in [0, 0.05) is 61.5 Å². The second-order valence-electron chi connectivity index (χ2n) is 13.8. The highest BCUT2D eigenvalue weighted by Gasteiger charge is 2.54. The SMILES string of the molecule is CC(C)N(CC(F)F)C(=O)c1cc(F)ccc1Oc1cncnc1N1CC2(CC(Oc3ccnc4c3CN(CCCN(C)C)CC4)C2)C1. The molecule has 1 amide bonds. The molecule has 1 aliphatic carbocycles. The maximum Gasteiger partial charge on any atom is 0.258 e. The number of hydrogen-bond donors (Lipinski definition) is 0. The molecule has 2 fully saturated rings. The Hall–Kier alpha value is -3.97. The van der Waals surface area contributed by atoms with Gasteiger partial charge in [-0.05, 0) is 84.6 Å². The molecule has 0 N–H and O–H groups in total. The van der Waals surface area contributed by atoms with Crippen LogP contribution in [-0.4, -0.2) is 107 Å². The molecule has 13 heteroatoms. The molecule has 10 nitrogen and oxygen atoms in total. The minimum absolute atomic E-state index is 0.0432. The Bertz CT molecular complexity index is 1590. The summed E-state index contributed by atoms with van der Waals surface area (Å²) in [6.45, 7) is 7.98. The summed E-state index contributed by atoms with van der Waals surface area (Å²) in [4.78, 5) is 34.3. The molecule has 1 spiro atoms. The van der Waals surface area contributed by atoms with Gasteiger partial charge in [-0.3, -0.25) is 14.7 Å². The highest BCUT2D eigenvalue weighted by Crippen LogP contribution is 2.52. The smallest absolute Gasteiger partial charge is 0.258 e. The number of amides is 1. The first-order valence-electron chi connectivity index (χ1n) is 16.6. The number of nitrogens with zero attached hydrogens (tertiary/aromatic N) is 7. The second kappa shape index (κ2) is 14.3. The van der Waals surface area contributed by atoms with Crippen molar-refractivity contribution in [2.24, 2.45) is 5.41 Å². The lowest BCUT2D eigenvalue weighted by atomic mass is 9.61. The predicted molar refractivity (Wildman–Crippen MR) is 175 cm³/mol. The summed E-state index contributed by atoms with van der Waals surface area (Å²) in [5.41, 5.74) is 2.29. The van der Waals surface area contributed by atoms with E-state index in [1.807, 2.05) is 12.3 Å². The van der Waals surface area contributed by atoms with Crippen LogP contribution in [0, 0.1) is 11.2 Å². The summed E-state index contributed by atoms with van der Waals surface area (Å²) >= 11 is 0. The number of halogens is 3. The number of carbonyl (C=O) groups is 1. The molecule has 48 heavy (non-hydrogen) atoms. The molecule has 3 aliphatic rings. The summed E-state index contributed by atoms with van der Waals surface area (Å²) in [7, 11) is 4.21. The van der Waals surface area contributed by atoms with E-state index in [0.29, 0.717) is 11.6 Å². The van der Waals surface area contributed by atoms with Crippen LogP contribution in [0.5, 0.6) is 17.2 Å². The van der Waals surface area contributed by atoms with Gasteiger partial charge in [-0.1, -0.05) is 0 Å². The highest BCUT2D eigenvalue weighted by atomic mass is 19.3. The minimum Gasteiger partial charge on any atom is -0.490 e. The molecular formula is C35H44F3N7O3. The van der Waals surface area contributed by atoms with Crippen molar-refractivity contribution < 1.29 is 27.4 Å². The first kappa shape index (κ1) is 33.9. The summed E-state index contributed by atoms with van der Waals surface area (Å²) in [6.07, 6.45) is 6.05. The van der Waals surface area contributed by atoms with E-state index in [-0.39, 0.29) is 22.8 Å². The Morgan fingerprint density at radius 1 is 1.10 bits per heavy atom. The summed E-state index contributed by atoms with van der Waals surface area (Å²) in [6, 6.07) is 4.97. The normalized spacial score (nSPS) is 17.4. The van der Waals surface area contributed by atoms with Crippen molar-refractivity contribution in [3.63, 3.8) is 0 Å². The third kappa shape index (κ3) is 7.52. The largest absolute Gasteiger partial charge is 0.490 e. The summed E-state index contributed by atoms with van der Waals surface area (Å²) < 4.78 is 53.5. The Labute approximate surface area is 279 Å². The topological polar surface area (TPSA) is 87.2 Å². The van der Waals surface area contributed by atoms with Crippen LogP contribution < -0.4 is 14.4 Å². The van der Waals surface area contributed by atoms with Gasteiger partial charge in [0.2, 0.25) is 0 Å². The fourth-order valence-corrected chi connectivity index (χ4v) is 7.05. The Kier molecular flexibility index (Phi) is 10.1. The van der Waals surface area contributed by atoms with Crippen molar-refractivity contribution in [1.29, 1.82) is 0 Å². The number of carbonyl (C=O) groups excluding carboxylic acids is 1. The molecule has 1 saturated heterocycles. The monoisotopic (exact) mass is 667 g/mol. The van der Waals surface area contributed by atoms with Gasteiger partial charge >= 0.3 is 0 Å². The highest BCUT2D eigenvalue weighted by molar-refractivity contribution is 5.97. The second-order valence-corrected chi connectivity index (χ2v) is 13.8. The first-order valence-corrected chi connectivity index (χ1v) is 16.6. The quantitative estimate of drug-likeness (QED) is 0.242. The average Bonchev–Trinajstić information content (AvgIpc) is 3.01. The van der Waals surface area contributed by atoms with E-state index in [4.69, 9.17) is 9.47 Å². The van der Waals surface area contributed by atoms with E-state index < -0.39 is 30.7 Å². The lowest BCUT2D eigenvalue weighted by Gasteiger charge is -2.59. The molecule has 1 aromatic carbocycles. The van der Waals surface area contributed by atoms with Crippen LogP contribution in [0.2, 0.25) is 0 Å². The van der Waals surface area contributed by atoms with Crippen LogP contribution >= 0.6 is 0 Å². The van der Waals surface area contributed by atoms with Gasteiger partial charge in [-0.15, -0.1) is 0 Å². The van der Waals surface area contributed by atoms with Crippen molar-refractivity contribution in [1.82, 2.24) is 29.7 Å². The summed E-state index contributed by atoms with van der Waals surface area (Å²) in [5.74, 6) is 0.411. The van der Waals surface area contributed by atoms with Gasteiger partial charge in [-0.2, -0.15) is 0 Å². The van der Waals surface area contributed by atoms with E-state index in [2.05, 4.69) is 43.7 Å². The van der Waals surface area contributed by atoms with Gasteiger partial charge in [0.25, 0.3) is 12.3 Å². The van der Waals surface area contributed by atoms with E-state index in [1.165, 1.54) is 24.2 Å². The van der Waals surface area contributed by atoms with Crippen molar-refractivity contribution in [3.05, 3.63) is 65.6 Å². The predicted octanol–water partition coefficient (Wildman–Crippen LogP) is 5.28. The van der Waals surface area contributed by atoms with Crippen molar-refractivity contribution in [2.75, 3.05) is 58.3 Å². The van der Waals surface area contributed by atoms with Gasteiger partial charge in [0.15, 0.2) is 11.6 Å². The zero-order valence-corrected chi connectivity index (χ0v) is 28.0. The number of alkyl halides is 2. The number of benzene rings is 1. The Balaban J connectivity index is 1.08.